The van der Waals surface area contributed by atoms with Crippen LogP contribution in [0.25, 0.3) is 0 Å². The minimum atomic E-state index is 0.0577. The van der Waals surface area contributed by atoms with E-state index in [0.29, 0.717) is 6.54 Å². The van der Waals surface area contributed by atoms with Crippen molar-refractivity contribution in [3.63, 3.8) is 0 Å². The van der Waals surface area contributed by atoms with Gasteiger partial charge in [-0.15, -0.1) is 0 Å². The van der Waals surface area contributed by atoms with E-state index in [2.05, 4.69) is 56.1 Å². The zero-order valence-corrected chi connectivity index (χ0v) is 12.8. The van der Waals surface area contributed by atoms with Crippen molar-refractivity contribution in [3.8, 4) is 0 Å². The standard InChI is InChI=1S/C16H26N2O/c1-6-18(7-2)11-16(19)17-14(5)15-9-8-12(3)13(4)10-15/h8-10,14H,6-7,11H2,1-5H3,(H,17,19)/t14-/m0/s1. The lowest BCUT2D eigenvalue weighted by molar-refractivity contribution is -0.122. The molecule has 0 fully saturated rings. The molecule has 0 saturated heterocycles. The first-order valence-electron chi connectivity index (χ1n) is 7.06. The maximum Gasteiger partial charge on any atom is 0.234 e. The number of carbonyl (C=O) groups is 1. The molecule has 0 heterocycles. The summed E-state index contributed by atoms with van der Waals surface area (Å²) in [6, 6.07) is 6.41. The Balaban J connectivity index is 2.61. The van der Waals surface area contributed by atoms with Crippen LogP contribution in [-0.2, 0) is 4.79 Å². The first kappa shape index (κ1) is 15.7. The molecule has 1 aromatic carbocycles. The van der Waals surface area contributed by atoms with Crippen LogP contribution in [0.1, 0.15) is 43.5 Å². The van der Waals surface area contributed by atoms with E-state index in [0.717, 1.165) is 18.7 Å². The van der Waals surface area contributed by atoms with Gasteiger partial charge in [-0.05, 0) is 50.6 Å². The third-order valence-electron chi connectivity index (χ3n) is 3.67. The largest absolute Gasteiger partial charge is 0.348 e. The molecular formula is C16H26N2O. The summed E-state index contributed by atoms with van der Waals surface area (Å²) in [7, 11) is 0. The first-order chi connectivity index (χ1) is 8.97. The van der Waals surface area contributed by atoms with Crippen molar-refractivity contribution in [1.29, 1.82) is 0 Å². The highest BCUT2D eigenvalue weighted by Crippen LogP contribution is 2.16. The number of hydrogen-bond acceptors (Lipinski definition) is 2. The quantitative estimate of drug-likeness (QED) is 0.855. The average molecular weight is 262 g/mol. The molecule has 0 aliphatic rings. The minimum absolute atomic E-state index is 0.0577. The molecule has 0 radical (unpaired) electrons. The Kier molecular flexibility index (Phi) is 6.03. The van der Waals surface area contributed by atoms with Crippen molar-refractivity contribution < 1.29 is 4.79 Å². The summed E-state index contributed by atoms with van der Waals surface area (Å²) in [6.07, 6.45) is 0. The zero-order valence-electron chi connectivity index (χ0n) is 12.8. The lowest BCUT2D eigenvalue weighted by atomic mass is 10.0. The predicted molar refractivity (Wildman–Crippen MR) is 80.3 cm³/mol. The molecule has 1 amide bonds. The summed E-state index contributed by atoms with van der Waals surface area (Å²) in [6.45, 7) is 12.7. The van der Waals surface area contributed by atoms with Crippen molar-refractivity contribution in [2.24, 2.45) is 0 Å². The lowest BCUT2D eigenvalue weighted by Gasteiger charge is -2.20. The summed E-state index contributed by atoms with van der Waals surface area (Å²) in [5.74, 6) is 0.0921. The number of rotatable bonds is 6. The summed E-state index contributed by atoms with van der Waals surface area (Å²) < 4.78 is 0. The molecule has 0 aliphatic carbocycles. The summed E-state index contributed by atoms with van der Waals surface area (Å²) in [4.78, 5) is 14.1. The molecule has 0 aliphatic heterocycles. The molecule has 1 atom stereocenters. The molecule has 1 N–H and O–H groups in total. The Morgan fingerprint density at radius 2 is 1.84 bits per heavy atom. The molecular weight excluding hydrogens is 236 g/mol. The van der Waals surface area contributed by atoms with Gasteiger partial charge in [0.05, 0.1) is 12.6 Å². The molecule has 0 saturated carbocycles. The van der Waals surface area contributed by atoms with Gasteiger partial charge in [0.2, 0.25) is 5.91 Å². The highest BCUT2D eigenvalue weighted by Gasteiger charge is 2.12. The second-order valence-electron chi connectivity index (χ2n) is 5.09. The lowest BCUT2D eigenvalue weighted by Crippen LogP contribution is -2.38. The Labute approximate surface area is 117 Å². The van der Waals surface area contributed by atoms with Crippen LogP contribution >= 0.6 is 0 Å². The number of carbonyl (C=O) groups excluding carboxylic acids is 1. The van der Waals surface area contributed by atoms with E-state index in [1.807, 2.05) is 6.92 Å². The van der Waals surface area contributed by atoms with Crippen molar-refractivity contribution in [3.05, 3.63) is 34.9 Å². The van der Waals surface area contributed by atoms with Gasteiger partial charge in [0.25, 0.3) is 0 Å². The van der Waals surface area contributed by atoms with Gasteiger partial charge in [-0.1, -0.05) is 32.0 Å². The first-order valence-corrected chi connectivity index (χ1v) is 7.06. The third kappa shape index (κ3) is 4.67. The number of likely N-dealkylation sites (N-methyl/N-ethyl adjacent to an activating group) is 1. The molecule has 106 valence electrons. The van der Waals surface area contributed by atoms with Crippen molar-refractivity contribution in [1.82, 2.24) is 10.2 Å². The number of nitrogens with zero attached hydrogens (tertiary/aromatic N) is 1. The van der Waals surface area contributed by atoms with Crippen LogP contribution in [0.3, 0.4) is 0 Å². The molecule has 0 spiro atoms. The molecule has 3 nitrogen and oxygen atoms in total. The van der Waals surface area contributed by atoms with E-state index in [1.54, 1.807) is 0 Å². The number of benzene rings is 1. The molecule has 3 heteroatoms. The van der Waals surface area contributed by atoms with E-state index in [-0.39, 0.29) is 11.9 Å². The SMILES string of the molecule is CCN(CC)CC(=O)N[C@@H](C)c1ccc(C)c(C)c1. The Bertz CT molecular complexity index is 425. The third-order valence-corrected chi connectivity index (χ3v) is 3.67. The van der Waals surface area contributed by atoms with Gasteiger partial charge in [-0.25, -0.2) is 0 Å². The van der Waals surface area contributed by atoms with Crippen LogP contribution in [-0.4, -0.2) is 30.4 Å². The number of hydrogen-bond donors (Lipinski definition) is 1. The van der Waals surface area contributed by atoms with Crippen LogP contribution in [0.15, 0.2) is 18.2 Å². The molecule has 0 aromatic heterocycles. The molecule has 1 rings (SSSR count). The van der Waals surface area contributed by atoms with Gasteiger partial charge in [0, 0.05) is 0 Å². The van der Waals surface area contributed by atoms with Gasteiger partial charge in [0.1, 0.15) is 0 Å². The fourth-order valence-electron chi connectivity index (χ4n) is 2.05. The van der Waals surface area contributed by atoms with E-state index >= 15 is 0 Å². The molecule has 0 bridgehead atoms. The van der Waals surface area contributed by atoms with E-state index in [4.69, 9.17) is 0 Å². The minimum Gasteiger partial charge on any atom is -0.348 e. The zero-order chi connectivity index (χ0) is 14.4. The van der Waals surface area contributed by atoms with Crippen LogP contribution in [0.4, 0.5) is 0 Å². The summed E-state index contributed by atoms with van der Waals surface area (Å²) in [5.41, 5.74) is 3.71. The van der Waals surface area contributed by atoms with Crippen molar-refractivity contribution in [2.75, 3.05) is 19.6 Å². The molecule has 19 heavy (non-hydrogen) atoms. The van der Waals surface area contributed by atoms with E-state index in [9.17, 15) is 4.79 Å². The Morgan fingerprint density at radius 1 is 1.21 bits per heavy atom. The average Bonchev–Trinajstić information content (AvgIpc) is 2.38. The van der Waals surface area contributed by atoms with E-state index in [1.165, 1.54) is 11.1 Å². The summed E-state index contributed by atoms with van der Waals surface area (Å²) >= 11 is 0. The Morgan fingerprint density at radius 3 is 2.37 bits per heavy atom. The van der Waals surface area contributed by atoms with Gasteiger partial charge in [-0.2, -0.15) is 0 Å². The monoisotopic (exact) mass is 262 g/mol. The number of aryl methyl sites for hydroxylation is 2. The maximum atomic E-state index is 12.0. The highest BCUT2D eigenvalue weighted by molar-refractivity contribution is 5.78. The maximum absolute atomic E-state index is 12.0. The van der Waals surface area contributed by atoms with Crippen molar-refractivity contribution >= 4 is 5.91 Å². The van der Waals surface area contributed by atoms with Gasteiger partial charge in [-0.3, -0.25) is 9.69 Å². The van der Waals surface area contributed by atoms with Crippen LogP contribution in [0, 0.1) is 13.8 Å². The highest BCUT2D eigenvalue weighted by atomic mass is 16.2. The number of amides is 1. The van der Waals surface area contributed by atoms with Crippen LogP contribution < -0.4 is 5.32 Å². The van der Waals surface area contributed by atoms with Gasteiger partial charge < -0.3 is 5.32 Å². The van der Waals surface area contributed by atoms with Crippen LogP contribution in [0.5, 0.6) is 0 Å². The smallest absolute Gasteiger partial charge is 0.234 e. The fourth-order valence-corrected chi connectivity index (χ4v) is 2.05. The second kappa shape index (κ2) is 7.29. The topological polar surface area (TPSA) is 32.3 Å². The van der Waals surface area contributed by atoms with Gasteiger partial charge in [0.15, 0.2) is 0 Å². The normalized spacial score (nSPS) is 12.5. The predicted octanol–water partition coefficient (Wildman–Crippen LogP) is 2.82. The second-order valence-corrected chi connectivity index (χ2v) is 5.09. The van der Waals surface area contributed by atoms with Gasteiger partial charge >= 0.3 is 0 Å². The van der Waals surface area contributed by atoms with Crippen molar-refractivity contribution in [2.45, 2.75) is 40.7 Å². The van der Waals surface area contributed by atoms with Crippen LogP contribution in [0.2, 0.25) is 0 Å². The number of nitrogens with one attached hydrogen (secondary N) is 1. The Hall–Kier alpha value is -1.35. The molecule has 0 unspecified atom stereocenters. The molecule has 1 aromatic rings. The fraction of sp³-hybridized carbons (Fsp3) is 0.562. The summed E-state index contributed by atoms with van der Waals surface area (Å²) in [5, 5.41) is 3.06. The van der Waals surface area contributed by atoms with E-state index < -0.39 is 0 Å².